The molecule has 4 nitrogen and oxygen atoms in total. The van der Waals surface area contributed by atoms with Crippen LogP contribution in [0.5, 0.6) is 0 Å². The molecule has 116 valence electrons. The lowest BCUT2D eigenvalue weighted by molar-refractivity contribution is -0.122. The van der Waals surface area contributed by atoms with Crippen molar-refractivity contribution in [2.75, 3.05) is 6.54 Å². The number of nitrogens with one attached hydrogen (secondary N) is 1. The minimum absolute atomic E-state index is 0.0563. The van der Waals surface area contributed by atoms with Crippen LogP contribution in [0.3, 0.4) is 0 Å². The molecule has 1 aliphatic rings. The Morgan fingerprint density at radius 1 is 1.29 bits per heavy atom. The molecule has 2 rings (SSSR count). The molecule has 0 spiro atoms. The van der Waals surface area contributed by atoms with Crippen LogP contribution in [0.2, 0.25) is 0 Å². The smallest absolute Gasteiger partial charge is 0.220 e. The fourth-order valence-electron chi connectivity index (χ4n) is 2.70. The molecule has 0 bridgehead atoms. The van der Waals surface area contributed by atoms with Crippen molar-refractivity contribution >= 4 is 5.91 Å². The van der Waals surface area contributed by atoms with Gasteiger partial charge in [-0.15, -0.1) is 0 Å². The number of hydrogen-bond donors (Lipinski definition) is 3. The molecule has 1 aromatic rings. The van der Waals surface area contributed by atoms with Gasteiger partial charge in [0.25, 0.3) is 0 Å². The summed E-state index contributed by atoms with van der Waals surface area (Å²) in [6.45, 7) is 0.261. The van der Waals surface area contributed by atoms with Crippen LogP contribution in [0, 0.1) is 17.6 Å². The van der Waals surface area contributed by atoms with E-state index in [1.807, 2.05) is 0 Å². The molecule has 0 heterocycles. The third-order valence-electron chi connectivity index (χ3n) is 4.06. The zero-order chi connectivity index (χ0) is 15.4. The van der Waals surface area contributed by atoms with Crippen LogP contribution in [0.25, 0.3) is 0 Å². The summed E-state index contributed by atoms with van der Waals surface area (Å²) in [5.41, 5.74) is 5.61. The van der Waals surface area contributed by atoms with Crippen LogP contribution in [0.1, 0.15) is 37.4 Å². The number of halogens is 2. The largest absolute Gasteiger partial charge is 0.387 e. The summed E-state index contributed by atoms with van der Waals surface area (Å²) in [6.07, 6.45) is 2.23. The first-order valence-corrected chi connectivity index (χ1v) is 7.13. The Labute approximate surface area is 122 Å². The number of carbonyl (C=O) groups is 1. The quantitative estimate of drug-likeness (QED) is 0.773. The molecule has 21 heavy (non-hydrogen) atoms. The predicted octanol–water partition coefficient (Wildman–Crippen LogP) is 1.63. The van der Waals surface area contributed by atoms with Gasteiger partial charge in [0.2, 0.25) is 5.91 Å². The van der Waals surface area contributed by atoms with Crippen LogP contribution in [-0.2, 0) is 4.79 Å². The second-order valence-corrected chi connectivity index (χ2v) is 5.55. The van der Waals surface area contributed by atoms with E-state index >= 15 is 0 Å². The Hall–Kier alpha value is -1.53. The lowest BCUT2D eigenvalue weighted by Gasteiger charge is -2.28. The molecule has 1 aromatic carbocycles. The zero-order valence-electron chi connectivity index (χ0n) is 11.7. The number of aliphatic hydroxyl groups is 1. The average Bonchev–Trinajstić information content (AvgIpc) is 2.48. The Morgan fingerprint density at radius 3 is 2.52 bits per heavy atom. The molecule has 1 amide bonds. The maximum atomic E-state index is 13.1. The van der Waals surface area contributed by atoms with Crippen molar-refractivity contribution in [3.63, 3.8) is 0 Å². The van der Waals surface area contributed by atoms with E-state index in [0.717, 1.165) is 37.8 Å². The second-order valence-electron chi connectivity index (χ2n) is 5.55. The third-order valence-corrected chi connectivity index (χ3v) is 4.06. The number of aliphatic hydroxyl groups excluding tert-OH is 1. The Bertz CT molecular complexity index is 502. The van der Waals surface area contributed by atoms with Crippen LogP contribution in [0.15, 0.2) is 18.2 Å². The Balaban J connectivity index is 1.80. The summed E-state index contributed by atoms with van der Waals surface area (Å²) in [5.74, 6) is -2.20. The van der Waals surface area contributed by atoms with Gasteiger partial charge in [0.05, 0.1) is 6.10 Å². The first-order valence-electron chi connectivity index (χ1n) is 7.13. The standard InChI is InChI=1S/C15H20F2N2O2/c16-12-6-3-10(7-13(12)17)14(20)8-19-11-4-1-9(2-5-11)15(18)21/h3,6-7,9,11,14,19-20H,1-2,4-5,8H2,(H2,18,21). The normalized spacial score (nSPS) is 23.8. The fraction of sp³-hybridized carbons (Fsp3) is 0.533. The van der Waals surface area contributed by atoms with Gasteiger partial charge in [-0.25, -0.2) is 8.78 Å². The van der Waals surface area contributed by atoms with Gasteiger partial charge in [0.15, 0.2) is 11.6 Å². The van der Waals surface area contributed by atoms with E-state index < -0.39 is 17.7 Å². The number of benzene rings is 1. The number of amides is 1. The van der Waals surface area contributed by atoms with Crippen LogP contribution in [-0.4, -0.2) is 23.6 Å². The molecule has 1 unspecified atom stereocenters. The molecule has 1 saturated carbocycles. The molecule has 0 radical (unpaired) electrons. The van der Waals surface area contributed by atoms with Gasteiger partial charge in [0.1, 0.15) is 0 Å². The molecule has 0 aromatic heterocycles. The summed E-state index contributed by atoms with van der Waals surface area (Å²) in [4.78, 5) is 11.1. The van der Waals surface area contributed by atoms with Crippen molar-refractivity contribution in [3.05, 3.63) is 35.4 Å². The highest BCUT2D eigenvalue weighted by atomic mass is 19.2. The number of rotatable bonds is 5. The highest BCUT2D eigenvalue weighted by Gasteiger charge is 2.24. The van der Waals surface area contributed by atoms with Gasteiger partial charge in [-0.3, -0.25) is 4.79 Å². The van der Waals surface area contributed by atoms with E-state index in [9.17, 15) is 18.7 Å². The molecule has 4 N–H and O–H groups in total. The van der Waals surface area contributed by atoms with Gasteiger partial charge < -0.3 is 16.2 Å². The first kappa shape index (κ1) is 15.9. The highest BCUT2D eigenvalue weighted by molar-refractivity contribution is 5.76. The molecule has 1 aliphatic carbocycles. The summed E-state index contributed by atoms with van der Waals surface area (Å²) >= 11 is 0. The highest BCUT2D eigenvalue weighted by Crippen LogP contribution is 2.24. The topological polar surface area (TPSA) is 75.4 Å². The second kappa shape index (κ2) is 6.95. The molecule has 1 fully saturated rings. The molecule has 0 saturated heterocycles. The van der Waals surface area contributed by atoms with Crippen molar-refractivity contribution in [1.82, 2.24) is 5.32 Å². The average molecular weight is 298 g/mol. The molecule has 6 heteroatoms. The third kappa shape index (κ3) is 4.22. The van der Waals surface area contributed by atoms with Crippen molar-refractivity contribution in [1.29, 1.82) is 0 Å². The van der Waals surface area contributed by atoms with Gasteiger partial charge in [0, 0.05) is 18.5 Å². The van der Waals surface area contributed by atoms with Crippen molar-refractivity contribution in [2.45, 2.75) is 37.8 Å². The van der Waals surface area contributed by atoms with Gasteiger partial charge >= 0.3 is 0 Å². The van der Waals surface area contributed by atoms with E-state index in [1.165, 1.54) is 6.07 Å². The minimum atomic E-state index is -0.964. The monoisotopic (exact) mass is 298 g/mol. The molecule has 0 aliphatic heterocycles. The van der Waals surface area contributed by atoms with Gasteiger partial charge in [-0.05, 0) is 43.4 Å². The molecular weight excluding hydrogens is 278 g/mol. The Morgan fingerprint density at radius 2 is 1.95 bits per heavy atom. The van der Waals surface area contributed by atoms with Crippen molar-refractivity contribution < 1.29 is 18.7 Å². The number of carbonyl (C=O) groups excluding carboxylic acids is 1. The predicted molar refractivity (Wildman–Crippen MR) is 74.3 cm³/mol. The fourth-order valence-corrected chi connectivity index (χ4v) is 2.70. The number of nitrogens with two attached hydrogens (primary N) is 1. The Kier molecular flexibility index (Phi) is 5.25. The first-order chi connectivity index (χ1) is 9.97. The van der Waals surface area contributed by atoms with Crippen molar-refractivity contribution in [2.24, 2.45) is 11.7 Å². The van der Waals surface area contributed by atoms with E-state index in [2.05, 4.69) is 5.32 Å². The lowest BCUT2D eigenvalue weighted by Crippen LogP contribution is -2.38. The summed E-state index contributed by atoms with van der Waals surface area (Å²) in [5, 5.41) is 13.2. The minimum Gasteiger partial charge on any atom is -0.387 e. The van der Waals surface area contributed by atoms with Gasteiger partial charge in [-0.1, -0.05) is 6.07 Å². The molecule has 1 atom stereocenters. The van der Waals surface area contributed by atoms with E-state index in [4.69, 9.17) is 5.73 Å². The summed E-state index contributed by atoms with van der Waals surface area (Å²) in [7, 11) is 0. The van der Waals surface area contributed by atoms with Crippen LogP contribution in [0.4, 0.5) is 8.78 Å². The lowest BCUT2D eigenvalue weighted by atomic mass is 9.85. The number of primary amides is 1. The van der Waals surface area contributed by atoms with E-state index in [0.29, 0.717) is 5.56 Å². The number of hydrogen-bond acceptors (Lipinski definition) is 3. The summed E-state index contributed by atoms with van der Waals surface area (Å²) in [6, 6.07) is 3.59. The zero-order valence-corrected chi connectivity index (χ0v) is 11.7. The van der Waals surface area contributed by atoms with Crippen molar-refractivity contribution in [3.8, 4) is 0 Å². The maximum absolute atomic E-state index is 13.1. The van der Waals surface area contributed by atoms with Gasteiger partial charge in [-0.2, -0.15) is 0 Å². The SMILES string of the molecule is NC(=O)C1CCC(NCC(O)c2ccc(F)c(F)c2)CC1. The molecular formula is C15H20F2N2O2. The van der Waals surface area contributed by atoms with Crippen LogP contribution >= 0.6 is 0 Å². The van der Waals surface area contributed by atoms with Crippen LogP contribution < -0.4 is 11.1 Å². The maximum Gasteiger partial charge on any atom is 0.220 e. The summed E-state index contributed by atoms with van der Waals surface area (Å²) < 4.78 is 25.9. The van der Waals surface area contributed by atoms with E-state index in [-0.39, 0.29) is 24.4 Å². The van der Waals surface area contributed by atoms with E-state index in [1.54, 1.807) is 0 Å².